The molecule has 0 saturated carbocycles. The highest BCUT2D eigenvalue weighted by Crippen LogP contribution is 2.24. The highest BCUT2D eigenvalue weighted by molar-refractivity contribution is 7.98. The number of methoxy groups -OCH3 is 1. The largest absolute Gasteiger partial charge is 0.496 e. The van der Waals surface area contributed by atoms with Gasteiger partial charge in [0.25, 0.3) is 0 Å². The lowest BCUT2D eigenvalue weighted by molar-refractivity contribution is -0.121. The summed E-state index contributed by atoms with van der Waals surface area (Å²) in [6.45, 7) is 1.55. The van der Waals surface area contributed by atoms with E-state index >= 15 is 0 Å². The number of benzene rings is 2. The number of amides is 1. The van der Waals surface area contributed by atoms with Gasteiger partial charge in [0.2, 0.25) is 15.9 Å². The molecule has 0 aliphatic heterocycles. The predicted octanol–water partition coefficient (Wildman–Crippen LogP) is 2.92. The molecule has 2 aromatic rings. The van der Waals surface area contributed by atoms with E-state index < -0.39 is 10.0 Å². The number of hydrogen-bond donors (Lipinski definition) is 1. The molecule has 1 amide bonds. The van der Waals surface area contributed by atoms with Gasteiger partial charge < -0.3 is 10.1 Å². The first-order chi connectivity index (χ1) is 12.8. The first-order valence-corrected chi connectivity index (χ1v) is 11.0. The molecule has 0 unspecified atom stereocenters. The lowest BCUT2D eigenvalue weighted by Gasteiger charge is -2.20. The summed E-state index contributed by atoms with van der Waals surface area (Å²) in [6, 6.07) is 13.6. The molecule has 0 fully saturated rings. The molecule has 0 heterocycles. The van der Waals surface area contributed by atoms with Crippen LogP contribution in [-0.2, 0) is 14.8 Å². The van der Waals surface area contributed by atoms with Crippen LogP contribution in [0.5, 0.6) is 5.75 Å². The molecule has 2 rings (SSSR count). The Morgan fingerprint density at radius 1 is 1.19 bits per heavy atom. The van der Waals surface area contributed by atoms with Crippen molar-refractivity contribution in [1.82, 2.24) is 9.62 Å². The van der Waals surface area contributed by atoms with E-state index in [-0.39, 0.29) is 23.4 Å². The predicted molar refractivity (Wildman–Crippen MR) is 108 cm³/mol. The van der Waals surface area contributed by atoms with Crippen molar-refractivity contribution in [1.29, 1.82) is 0 Å². The van der Waals surface area contributed by atoms with E-state index in [9.17, 15) is 13.2 Å². The molecule has 0 aliphatic carbocycles. The minimum absolute atomic E-state index is 0.161. The van der Waals surface area contributed by atoms with Crippen LogP contribution in [0.15, 0.2) is 58.3 Å². The third-order valence-electron chi connectivity index (χ3n) is 4.12. The maximum absolute atomic E-state index is 12.6. The van der Waals surface area contributed by atoms with Crippen LogP contribution in [0, 0.1) is 0 Å². The molecule has 0 spiro atoms. The van der Waals surface area contributed by atoms with E-state index in [1.54, 1.807) is 31.4 Å². The zero-order chi connectivity index (χ0) is 20.0. The number of para-hydroxylation sites is 1. The van der Waals surface area contributed by atoms with Crippen LogP contribution in [-0.4, -0.2) is 45.6 Å². The van der Waals surface area contributed by atoms with Crippen LogP contribution in [0.4, 0.5) is 0 Å². The molecule has 146 valence electrons. The van der Waals surface area contributed by atoms with Crippen LogP contribution in [0.25, 0.3) is 0 Å². The Kier molecular flexibility index (Phi) is 7.29. The Hall–Kier alpha value is -2.03. The van der Waals surface area contributed by atoms with Gasteiger partial charge in [-0.3, -0.25) is 4.79 Å². The molecule has 0 bridgehead atoms. The summed E-state index contributed by atoms with van der Waals surface area (Å²) in [5.41, 5.74) is 0.825. The van der Waals surface area contributed by atoms with Crippen LogP contribution in [0.3, 0.4) is 0 Å². The standard InChI is InChI=1S/C19H24N2O4S2/c1-14(17-7-5-6-8-18(17)25-3)20-19(22)13-21(2)27(23,24)16-11-9-15(26-4)10-12-16/h5-12,14H,13H2,1-4H3,(H,20,22)/t14-/m1/s1. The highest BCUT2D eigenvalue weighted by atomic mass is 32.2. The quantitative estimate of drug-likeness (QED) is 0.680. The Balaban J connectivity index is 2.05. The van der Waals surface area contributed by atoms with E-state index in [0.29, 0.717) is 5.75 Å². The van der Waals surface area contributed by atoms with Crippen molar-refractivity contribution in [2.75, 3.05) is 27.0 Å². The Bertz CT molecular complexity index is 883. The molecule has 8 heteroatoms. The molecule has 0 radical (unpaired) electrons. The van der Waals surface area contributed by atoms with Gasteiger partial charge in [0.1, 0.15) is 5.75 Å². The number of ether oxygens (including phenoxy) is 1. The van der Waals surface area contributed by atoms with Crippen molar-refractivity contribution in [3.05, 3.63) is 54.1 Å². The second-order valence-corrected chi connectivity index (χ2v) is 8.89. The third-order valence-corrected chi connectivity index (χ3v) is 6.68. The fraction of sp³-hybridized carbons (Fsp3) is 0.316. The lowest BCUT2D eigenvalue weighted by atomic mass is 10.1. The van der Waals surface area contributed by atoms with Gasteiger partial charge in [-0.25, -0.2) is 8.42 Å². The van der Waals surface area contributed by atoms with Gasteiger partial charge in [-0.1, -0.05) is 18.2 Å². The number of thioether (sulfide) groups is 1. The van der Waals surface area contributed by atoms with Crippen molar-refractivity contribution in [3.63, 3.8) is 0 Å². The maximum Gasteiger partial charge on any atom is 0.243 e. The number of rotatable bonds is 8. The fourth-order valence-corrected chi connectivity index (χ4v) is 4.14. The number of likely N-dealkylation sites (N-methyl/N-ethyl adjacent to an activating group) is 1. The molecule has 1 atom stereocenters. The highest BCUT2D eigenvalue weighted by Gasteiger charge is 2.24. The Morgan fingerprint density at radius 3 is 2.41 bits per heavy atom. The van der Waals surface area contributed by atoms with E-state index in [1.165, 1.54) is 18.8 Å². The molecule has 1 N–H and O–H groups in total. The lowest BCUT2D eigenvalue weighted by Crippen LogP contribution is -2.39. The average Bonchev–Trinajstić information content (AvgIpc) is 2.67. The summed E-state index contributed by atoms with van der Waals surface area (Å²) in [5, 5.41) is 2.82. The minimum atomic E-state index is -3.73. The van der Waals surface area contributed by atoms with Crippen LogP contribution in [0.1, 0.15) is 18.5 Å². The SMILES string of the molecule is COc1ccccc1[C@@H](C)NC(=O)CN(C)S(=O)(=O)c1ccc(SC)cc1. The number of carbonyl (C=O) groups is 1. The summed E-state index contributed by atoms with van der Waals surface area (Å²) in [7, 11) is -0.774. The summed E-state index contributed by atoms with van der Waals surface area (Å²) < 4.78 is 31.6. The Morgan fingerprint density at radius 2 is 1.81 bits per heavy atom. The topological polar surface area (TPSA) is 75.7 Å². The fourth-order valence-electron chi connectivity index (χ4n) is 2.60. The van der Waals surface area contributed by atoms with Crippen molar-refractivity contribution >= 4 is 27.7 Å². The van der Waals surface area contributed by atoms with Gasteiger partial charge in [-0.05, 0) is 43.5 Å². The molecule has 2 aromatic carbocycles. The van der Waals surface area contributed by atoms with Crippen molar-refractivity contribution < 1.29 is 17.9 Å². The molecule has 0 aromatic heterocycles. The third kappa shape index (κ3) is 5.24. The maximum atomic E-state index is 12.6. The molecule has 0 saturated heterocycles. The minimum Gasteiger partial charge on any atom is -0.496 e. The summed E-state index contributed by atoms with van der Waals surface area (Å²) in [6.07, 6.45) is 1.92. The second kappa shape index (κ2) is 9.25. The van der Waals surface area contributed by atoms with Gasteiger partial charge in [0.15, 0.2) is 0 Å². The monoisotopic (exact) mass is 408 g/mol. The summed E-state index contributed by atoms with van der Waals surface area (Å²) in [4.78, 5) is 13.5. The average molecular weight is 409 g/mol. The summed E-state index contributed by atoms with van der Waals surface area (Å²) >= 11 is 1.53. The molecular weight excluding hydrogens is 384 g/mol. The van der Waals surface area contributed by atoms with Crippen LogP contribution >= 0.6 is 11.8 Å². The van der Waals surface area contributed by atoms with Gasteiger partial charge in [-0.2, -0.15) is 4.31 Å². The molecule has 6 nitrogen and oxygen atoms in total. The van der Waals surface area contributed by atoms with Crippen molar-refractivity contribution in [2.45, 2.75) is 22.8 Å². The van der Waals surface area contributed by atoms with E-state index in [2.05, 4.69) is 5.32 Å². The number of sulfonamides is 1. The Labute approximate surface area is 165 Å². The molecule has 27 heavy (non-hydrogen) atoms. The smallest absolute Gasteiger partial charge is 0.243 e. The molecule has 0 aliphatic rings. The van der Waals surface area contributed by atoms with Crippen LogP contribution < -0.4 is 10.1 Å². The molecular formula is C19H24N2O4S2. The zero-order valence-corrected chi connectivity index (χ0v) is 17.4. The number of nitrogens with zero attached hydrogens (tertiary/aromatic N) is 1. The second-order valence-electron chi connectivity index (χ2n) is 5.97. The van der Waals surface area contributed by atoms with Gasteiger partial charge in [-0.15, -0.1) is 11.8 Å². The van der Waals surface area contributed by atoms with E-state index in [1.807, 2.05) is 37.4 Å². The van der Waals surface area contributed by atoms with E-state index in [4.69, 9.17) is 4.74 Å². The van der Waals surface area contributed by atoms with Crippen LogP contribution in [0.2, 0.25) is 0 Å². The first-order valence-electron chi connectivity index (χ1n) is 8.32. The van der Waals surface area contributed by atoms with Crippen molar-refractivity contribution in [3.8, 4) is 5.75 Å². The normalized spacial score (nSPS) is 12.6. The number of carbonyl (C=O) groups excluding carboxylic acids is 1. The zero-order valence-electron chi connectivity index (χ0n) is 15.8. The first kappa shape index (κ1) is 21.3. The van der Waals surface area contributed by atoms with Gasteiger partial charge in [0.05, 0.1) is 24.6 Å². The summed E-state index contributed by atoms with van der Waals surface area (Å²) in [5.74, 6) is 0.278. The van der Waals surface area contributed by atoms with Crippen molar-refractivity contribution in [2.24, 2.45) is 0 Å². The van der Waals surface area contributed by atoms with Gasteiger partial charge in [0, 0.05) is 17.5 Å². The van der Waals surface area contributed by atoms with Gasteiger partial charge >= 0.3 is 0 Å². The number of nitrogens with one attached hydrogen (secondary N) is 1. The number of hydrogen-bond acceptors (Lipinski definition) is 5. The van der Waals surface area contributed by atoms with E-state index in [0.717, 1.165) is 14.8 Å².